The number of nitrogens with one attached hydrogen (secondary N) is 1. The van der Waals surface area contributed by atoms with E-state index in [1.165, 1.54) is 19.2 Å². The van der Waals surface area contributed by atoms with Crippen molar-refractivity contribution in [3.8, 4) is 0 Å². The van der Waals surface area contributed by atoms with Gasteiger partial charge < -0.3 is 10.1 Å². The largest absolute Gasteiger partial charge is 0.461 e. The van der Waals surface area contributed by atoms with Gasteiger partial charge in [0.25, 0.3) is 5.91 Å². The summed E-state index contributed by atoms with van der Waals surface area (Å²) in [5, 5.41) is 8.61. The number of ketones is 1. The lowest BCUT2D eigenvalue weighted by Gasteiger charge is -2.20. The summed E-state index contributed by atoms with van der Waals surface area (Å²) >= 11 is 0. The van der Waals surface area contributed by atoms with Crippen LogP contribution in [0, 0.1) is 0 Å². The molecule has 8 nitrogen and oxygen atoms in total. The summed E-state index contributed by atoms with van der Waals surface area (Å²) in [6, 6.07) is 11.7. The number of aromatic nitrogens is 1. The number of hydrazone groups is 1. The van der Waals surface area contributed by atoms with Crippen LogP contribution in [-0.2, 0) is 14.3 Å². The van der Waals surface area contributed by atoms with Gasteiger partial charge in [0.15, 0.2) is 5.78 Å². The number of carbonyl (C=O) groups excluding carboxylic acids is 3. The minimum absolute atomic E-state index is 0.0733. The van der Waals surface area contributed by atoms with Crippen LogP contribution in [0.25, 0.3) is 0 Å². The fourth-order valence-corrected chi connectivity index (χ4v) is 2.78. The highest BCUT2D eigenvalue weighted by atomic mass is 16.5. The molecule has 1 atom stereocenters. The van der Waals surface area contributed by atoms with Gasteiger partial charge in [0.1, 0.15) is 17.4 Å². The molecule has 1 N–H and O–H groups in total. The monoisotopic (exact) mass is 380 g/mol. The van der Waals surface area contributed by atoms with Gasteiger partial charge in [-0.15, -0.1) is 0 Å². The van der Waals surface area contributed by atoms with E-state index in [1.54, 1.807) is 18.0 Å². The smallest absolute Gasteiger partial charge is 0.356 e. The minimum Gasteiger partial charge on any atom is -0.461 e. The molecule has 0 fully saturated rings. The molecule has 8 heteroatoms. The first-order valence-electron chi connectivity index (χ1n) is 8.86. The Kier molecular flexibility index (Phi) is 5.78. The minimum atomic E-state index is -0.525. The van der Waals surface area contributed by atoms with Gasteiger partial charge in [-0.3, -0.25) is 14.6 Å². The lowest BCUT2D eigenvalue weighted by molar-refractivity contribution is -0.118. The summed E-state index contributed by atoms with van der Waals surface area (Å²) in [5.41, 5.74) is 1.56. The second kappa shape index (κ2) is 8.43. The van der Waals surface area contributed by atoms with E-state index < -0.39 is 17.9 Å². The third kappa shape index (κ3) is 4.22. The zero-order chi connectivity index (χ0) is 20.1. The van der Waals surface area contributed by atoms with Crippen LogP contribution in [0.15, 0.2) is 53.8 Å². The number of anilines is 2. The summed E-state index contributed by atoms with van der Waals surface area (Å²) in [5.74, 6) is -1.02. The molecule has 1 aromatic carbocycles. The molecule has 0 saturated heterocycles. The Morgan fingerprint density at radius 2 is 1.93 bits per heavy atom. The molecule has 0 radical (unpaired) electrons. The van der Waals surface area contributed by atoms with Gasteiger partial charge >= 0.3 is 5.97 Å². The third-order valence-corrected chi connectivity index (χ3v) is 4.17. The van der Waals surface area contributed by atoms with Crippen molar-refractivity contribution in [3.05, 3.63) is 54.4 Å². The van der Waals surface area contributed by atoms with Crippen LogP contribution in [0.3, 0.4) is 0 Å². The summed E-state index contributed by atoms with van der Waals surface area (Å²) in [4.78, 5) is 40.2. The molecule has 144 valence electrons. The van der Waals surface area contributed by atoms with Gasteiger partial charge in [0, 0.05) is 6.42 Å². The SMILES string of the molecule is CCOC(=O)c1ccc(NC(=O)C2=NN(c3ccccc3)C(C(C)=O)C2)cn1. The molecule has 28 heavy (non-hydrogen) atoms. The lowest BCUT2D eigenvalue weighted by atomic mass is 10.1. The van der Waals surface area contributed by atoms with Crippen molar-refractivity contribution in [1.82, 2.24) is 4.98 Å². The Morgan fingerprint density at radius 3 is 2.54 bits per heavy atom. The number of carbonyl (C=O) groups is 3. The standard InChI is InChI=1S/C20H20N4O4/c1-3-28-20(27)16-10-9-14(12-21-16)22-19(26)17-11-18(13(2)25)24(23-17)15-7-5-4-6-8-15/h4-10,12,18H,3,11H2,1-2H3,(H,22,26). The van der Waals surface area contributed by atoms with E-state index in [4.69, 9.17) is 4.74 Å². The number of pyridine rings is 1. The second-order valence-corrected chi connectivity index (χ2v) is 6.16. The van der Waals surface area contributed by atoms with E-state index >= 15 is 0 Å². The highest BCUT2D eigenvalue weighted by Gasteiger charge is 2.34. The zero-order valence-corrected chi connectivity index (χ0v) is 15.6. The maximum absolute atomic E-state index is 12.6. The van der Waals surface area contributed by atoms with Crippen LogP contribution in [-0.4, -0.2) is 41.0 Å². The van der Waals surface area contributed by atoms with Crippen molar-refractivity contribution < 1.29 is 19.1 Å². The van der Waals surface area contributed by atoms with Crippen molar-refractivity contribution in [2.24, 2.45) is 5.10 Å². The highest BCUT2D eigenvalue weighted by molar-refractivity contribution is 6.44. The number of hydrogen-bond acceptors (Lipinski definition) is 7. The Balaban J connectivity index is 1.73. The van der Waals surface area contributed by atoms with Gasteiger partial charge in [0.2, 0.25) is 0 Å². The van der Waals surface area contributed by atoms with Crippen LogP contribution < -0.4 is 10.3 Å². The number of rotatable bonds is 6. The number of benzene rings is 1. The maximum atomic E-state index is 12.6. The molecule has 1 aromatic heterocycles. The molecule has 2 heterocycles. The van der Waals surface area contributed by atoms with Crippen LogP contribution in [0.4, 0.5) is 11.4 Å². The summed E-state index contributed by atoms with van der Waals surface area (Å²) < 4.78 is 4.87. The van der Waals surface area contributed by atoms with Crippen molar-refractivity contribution in [2.75, 3.05) is 16.9 Å². The number of esters is 1. The molecule has 1 aliphatic rings. The fourth-order valence-electron chi connectivity index (χ4n) is 2.78. The van der Waals surface area contributed by atoms with E-state index in [1.807, 2.05) is 30.3 Å². The topological polar surface area (TPSA) is 101 Å². The van der Waals surface area contributed by atoms with Gasteiger partial charge in [0.05, 0.1) is 24.2 Å². The molecular formula is C20H20N4O4. The molecule has 1 aliphatic heterocycles. The van der Waals surface area contributed by atoms with E-state index in [-0.39, 0.29) is 30.2 Å². The van der Waals surface area contributed by atoms with Crippen LogP contribution in [0.5, 0.6) is 0 Å². The predicted molar refractivity (Wildman–Crippen MR) is 104 cm³/mol. The lowest BCUT2D eigenvalue weighted by Crippen LogP contribution is -2.33. The molecule has 1 amide bonds. The number of amides is 1. The van der Waals surface area contributed by atoms with Gasteiger partial charge in [-0.1, -0.05) is 18.2 Å². The molecular weight excluding hydrogens is 360 g/mol. The highest BCUT2D eigenvalue weighted by Crippen LogP contribution is 2.25. The Labute approximate surface area is 162 Å². The Bertz CT molecular complexity index is 910. The molecule has 0 saturated carbocycles. The number of ether oxygens (including phenoxy) is 1. The Morgan fingerprint density at radius 1 is 1.18 bits per heavy atom. The third-order valence-electron chi connectivity index (χ3n) is 4.17. The van der Waals surface area contributed by atoms with Crippen LogP contribution >= 0.6 is 0 Å². The molecule has 0 spiro atoms. The molecule has 2 aromatic rings. The first-order chi connectivity index (χ1) is 13.5. The first-order valence-corrected chi connectivity index (χ1v) is 8.86. The number of Topliss-reactive ketones (excluding diaryl/α,β-unsaturated/α-hetero) is 1. The maximum Gasteiger partial charge on any atom is 0.356 e. The van der Waals surface area contributed by atoms with Crippen molar-refractivity contribution in [2.45, 2.75) is 26.3 Å². The number of para-hydroxylation sites is 1. The van der Waals surface area contributed by atoms with Crippen molar-refractivity contribution >= 4 is 34.7 Å². The van der Waals surface area contributed by atoms with Gasteiger partial charge in [-0.25, -0.2) is 9.78 Å². The summed E-state index contributed by atoms with van der Waals surface area (Å²) in [6.45, 7) is 3.45. The molecule has 0 bridgehead atoms. The van der Waals surface area contributed by atoms with Gasteiger partial charge in [-0.2, -0.15) is 5.10 Å². The normalized spacial score (nSPS) is 15.7. The average molecular weight is 380 g/mol. The first kappa shape index (κ1) is 19.2. The molecule has 0 aliphatic carbocycles. The summed E-state index contributed by atoms with van der Waals surface area (Å²) in [7, 11) is 0. The average Bonchev–Trinajstić information content (AvgIpc) is 3.15. The van der Waals surface area contributed by atoms with E-state index in [0.29, 0.717) is 5.69 Å². The quantitative estimate of drug-likeness (QED) is 0.773. The van der Waals surface area contributed by atoms with E-state index in [9.17, 15) is 14.4 Å². The zero-order valence-electron chi connectivity index (χ0n) is 15.6. The van der Waals surface area contributed by atoms with Crippen LogP contribution in [0.1, 0.15) is 30.8 Å². The van der Waals surface area contributed by atoms with E-state index in [0.717, 1.165) is 5.69 Å². The van der Waals surface area contributed by atoms with Crippen molar-refractivity contribution in [1.29, 1.82) is 0 Å². The van der Waals surface area contributed by atoms with Gasteiger partial charge in [-0.05, 0) is 38.1 Å². The van der Waals surface area contributed by atoms with E-state index in [2.05, 4.69) is 15.4 Å². The number of hydrogen-bond donors (Lipinski definition) is 1. The van der Waals surface area contributed by atoms with Crippen LogP contribution in [0.2, 0.25) is 0 Å². The van der Waals surface area contributed by atoms with Crippen molar-refractivity contribution in [3.63, 3.8) is 0 Å². The predicted octanol–water partition coefficient (Wildman–Crippen LogP) is 2.42. The molecule has 1 unspecified atom stereocenters. The Hall–Kier alpha value is -3.55. The second-order valence-electron chi connectivity index (χ2n) is 6.16. The summed E-state index contributed by atoms with van der Waals surface area (Å²) in [6.07, 6.45) is 1.58. The fraction of sp³-hybridized carbons (Fsp3) is 0.250. The molecule has 3 rings (SSSR count). The number of nitrogens with zero attached hydrogens (tertiary/aromatic N) is 3.